The summed E-state index contributed by atoms with van der Waals surface area (Å²) in [5, 5.41) is 5.58. The molecule has 2 atom stereocenters. The summed E-state index contributed by atoms with van der Waals surface area (Å²) in [7, 11) is 0. The van der Waals surface area contributed by atoms with Gasteiger partial charge in [0.25, 0.3) is 0 Å². The largest absolute Gasteiger partial charge is 0.460 e. The molecule has 0 saturated carbocycles. The molecule has 0 fully saturated rings. The van der Waals surface area contributed by atoms with Crippen molar-refractivity contribution >= 4 is 23.8 Å². The van der Waals surface area contributed by atoms with Gasteiger partial charge in [0.2, 0.25) is 11.8 Å². The summed E-state index contributed by atoms with van der Waals surface area (Å²) in [5.74, 6) is -1.99. The summed E-state index contributed by atoms with van der Waals surface area (Å²) >= 11 is 0. The van der Waals surface area contributed by atoms with Crippen molar-refractivity contribution < 1.29 is 33.4 Å². The van der Waals surface area contributed by atoms with Crippen molar-refractivity contribution in [1.29, 1.82) is 0 Å². The van der Waals surface area contributed by atoms with Crippen LogP contribution >= 0.6 is 0 Å². The van der Waals surface area contributed by atoms with Crippen LogP contribution in [0.4, 0.5) is 0 Å². The number of carbonyl (C=O) groups is 4. The Balaban J connectivity index is 5.27. The van der Waals surface area contributed by atoms with Crippen LogP contribution < -0.4 is 16.4 Å². The van der Waals surface area contributed by atoms with E-state index in [2.05, 4.69) is 10.6 Å². The summed E-state index contributed by atoms with van der Waals surface area (Å²) < 4.78 is 16.4. The molecule has 0 radical (unpaired) electrons. The Labute approximate surface area is 223 Å². The van der Waals surface area contributed by atoms with E-state index in [0.717, 1.165) is 0 Å². The Hall–Kier alpha value is -2.20. The molecule has 0 heterocycles. The van der Waals surface area contributed by atoms with E-state index in [-0.39, 0.29) is 31.3 Å². The smallest absolute Gasteiger partial charge is 0.306 e. The quantitative estimate of drug-likeness (QED) is 0.308. The molecule has 10 heteroatoms. The number of carbonyl (C=O) groups excluding carboxylic acids is 4. The summed E-state index contributed by atoms with van der Waals surface area (Å²) in [6.45, 7) is 20.5. The van der Waals surface area contributed by atoms with Crippen LogP contribution in [-0.4, -0.2) is 64.8 Å². The Morgan fingerprint density at radius 2 is 1.16 bits per heavy atom. The number of ether oxygens (including phenoxy) is 3. The maximum atomic E-state index is 13.2. The number of esters is 2. The van der Waals surface area contributed by atoms with Gasteiger partial charge in [0.05, 0.1) is 11.6 Å². The molecular weight excluding hydrogens is 478 g/mol. The van der Waals surface area contributed by atoms with Gasteiger partial charge in [-0.15, -0.1) is 0 Å². The van der Waals surface area contributed by atoms with Crippen molar-refractivity contribution in [2.75, 3.05) is 6.61 Å². The van der Waals surface area contributed by atoms with E-state index in [0.29, 0.717) is 13.0 Å². The molecule has 4 N–H and O–H groups in total. The van der Waals surface area contributed by atoms with Gasteiger partial charge in [0.1, 0.15) is 17.2 Å². The molecule has 0 aromatic rings. The van der Waals surface area contributed by atoms with Gasteiger partial charge in [-0.05, 0) is 95.4 Å². The molecule has 0 bridgehead atoms. The van der Waals surface area contributed by atoms with Gasteiger partial charge in [-0.25, -0.2) is 0 Å². The minimum atomic E-state index is -1.03. The Kier molecular flexibility index (Phi) is 13.3. The van der Waals surface area contributed by atoms with Gasteiger partial charge in [-0.3, -0.25) is 19.2 Å². The minimum absolute atomic E-state index is 0.0276. The molecule has 0 aromatic carbocycles. The maximum Gasteiger partial charge on any atom is 0.306 e. The highest BCUT2D eigenvalue weighted by Crippen LogP contribution is 2.15. The molecule has 0 aliphatic heterocycles. The normalized spacial score (nSPS) is 14.4. The standard InChI is InChI=1S/C27H51N3O7/c1-24(2,3)35-17-16-27(10,11)30-23(34)19(13-15-21(32)37-26(7,8)9)29-22(33)18(28)12-14-20(31)36-25(4,5)6/h18-19H,12-17,28H2,1-11H3,(H,29,33)(H,30,34)/t18-,19?/m0/s1. The van der Waals surface area contributed by atoms with Gasteiger partial charge < -0.3 is 30.6 Å². The minimum Gasteiger partial charge on any atom is -0.460 e. The predicted octanol–water partition coefficient (Wildman–Crippen LogP) is 3.14. The van der Waals surface area contributed by atoms with E-state index in [4.69, 9.17) is 19.9 Å². The number of nitrogens with two attached hydrogens (primary N) is 1. The van der Waals surface area contributed by atoms with Crippen LogP contribution in [0.5, 0.6) is 0 Å². The van der Waals surface area contributed by atoms with E-state index in [1.165, 1.54) is 0 Å². The van der Waals surface area contributed by atoms with Crippen LogP contribution in [0.1, 0.15) is 108 Å². The molecule has 10 nitrogen and oxygen atoms in total. The molecule has 0 aromatic heterocycles. The van der Waals surface area contributed by atoms with Crippen molar-refractivity contribution in [3.8, 4) is 0 Å². The molecule has 1 unspecified atom stereocenters. The molecule has 2 amide bonds. The predicted molar refractivity (Wildman–Crippen MR) is 143 cm³/mol. The fourth-order valence-corrected chi connectivity index (χ4v) is 3.09. The highest BCUT2D eigenvalue weighted by atomic mass is 16.6. The van der Waals surface area contributed by atoms with Crippen molar-refractivity contribution in [2.45, 2.75) is 143 Å². The fraction of sp³-hybridized carbons (Fsp3) is 0.852. The SMILES string of the molecule is CC(C)(CCOC(C)(C)C)NC(=O)C(CCC(=O)OC(C)(C)C)NC(=O)[C@@H](N)CCC(=O)OC(C)(C)C. The summed E-state index contributed by atoms with van der Waals surface area (Å²) in [5.41, 5.74) is 3.75. The number of amides is 2. The molecule has 0 aliphatic carbocycles. The Morgan fingerprint density at radius 3 is 1.59 bits per heavy atom. The van der Waals surface area contributed by atoms with E-state index in [9.17, 15) is 19.2 Å². The van der Waals surface area contributed by atoms with Crippen LogP contribution in [0.3, 0.4) is 0 Å². The highest BCUT2D eigenvalue weighted by molar-refractivity contribution is 5.90. The van der Waals surface area contributed by atoms with Gasteiger partial charge in [0, 0.05) is 25.0 Å². The third kappa shape index (κ3) is 18.7. The van der Waals surface area contributed by atoms with E-state index in [1.807, 2.05) is 34.6 Å². The first kappa shape index (κ1) is 34.8. The molecule has 0 saturated heterocycles. The Morgan fingerprint density at radius 1 is 0.703 bits per heavy atom. The first-order valence-electron chi connectivity index (χ1n) is 13.0. The van der Waals surface area contributed by atoms with Gasteiger partial charge in [-0.1, -0.05) is 0 Å². The lowest BCUT2D eigenvalue weighted by Crippen LogP contribution is -2.56. The van der Waals surface area contributed by atoms with Crippen molar-refractivity contribution in [1.82, 2.24) is 10.6 Å². The number of hydrogen-bond acceptors (Lipinski definition) is 8. The van der Waals surface area contributed by atoms with Gasteiger partial charge >= 0.3 is 11.9 Å². The average Bonchev–Trinajstić information content (AvgIpc) is 2.64. The first-order valence-corrected chi connectivity index (χ1v) is 13.0. The second-order valence-corrected chi connectivity index (χ2v) is 13.0. The third-order valence-electron chi connectivity index (χ3n) is 4.83. The maximum absolute atomic E-state index is 13.2. The lowest BCUT2D eigenvalue weighted by molar-refractivity contribution is -0.156. The lowest BCUT2D eigenvalue weighted by Gasteiger charge is -2.31. The van der Waals surface area contributed by atoms with Crippen LogP contribution in [-0.2, 0) is 33.4 Å². The van der Waals surface area contributed by atoms with Crippen molar-refractivity contribution in [3.63, 3.8) is 0 Å². The molecule has 37 heavy (non-hydrogen) atoms. The number of hydrogen-bond donors (Lipinski definition) is 3. The first-order chi connectivity index (χ1) is 16.5. The van der Waals surface area contributed by atoms with Crippen LogP contribution in [0.15, 0.2) is 0 Å². The summed E-state index contributed by atoms with van der Waals surface area (Å²) in [4.78, 5) is 50.2. The van der Waals surface area contributed by atoms with Gasteiger partial charge in [0.15, 0.2) is 0 Å². The molecule has 0 rings (SSSR count). The fourth-order valence-electron chi connectivity index (χ4n) is 3.09. The monoisotopic (exact) mass is 529 g/mol. The number of nitrogens with one attached hydrogen (secondary N) is 2. The summed E-state index contributed by atoms with van der Waals surface area (Å²) in [6.07, 6.45) is 0.507. The Bertz CT molecular complexity index is 774. The average molecular weight is 530 g/mol. The molecular formula is C27H51N3O7. The topological polar surface area (TPSA) is 146 Å². The molecule has 0 aliphatic rings. The number of rotatable bonds is 13. The van der Waals surface area contributed by atoms with Gasteiger partial charge in [-0.2, -0.15) is 0 Å². The second kappa shape index (κ2) is 14.1. The van der Waals surface area contributed by atoms with Crippen LogP contribution in [0.25, 0.3) is 0 Å². The summed E-state index contributed by atoms with van der Waals surface area (Å²) in [6, 6.07) is -2.05. The van der Waals surface area contributed by atoms with E-state index < -0.39 is 52.6 Å². The van der Waals surface area contributed by atoms with Crippen molar-refractivity contribution in [2.24, 2.45) is 5.73 Å². The van der Waals surface area contributed by atoms with Crippen LogP contribution in [0, 0.1) is 0 Å². The lowest BCUT2D eigenvalue weighted by atomic mass is 9.99. The van der Waals surface area contributed by atoms with Crippen LogP contribution in [0.2, 0.25) is 0 Å². The zero-order chi connectivity index (χ0) is 29.2. The van der Waals surface area contributed by atoms with E-state index in [1.54, 1.807) is 41.5 Å². The zero-order valence-corrected chi connectivity index (χ0v) is 24.8. The third-order valence-corrected chi connectivity index (χ3v) is 4.83. The molecule has 216 valence electrons. The zero-order valence-electron chi connectivity index (χ0n) is 24.8. The molecule has 0 spiro atoms. The highest BCUT2D eigenvalue weighted by Gasteiger charge is 2.30. The van der Waals surface area contributed by atoms with Crippen molar-refractivity contribution in [3.05, 3.63) is 0 Å². The van der Waals surface area contributed by atoms with E-state index >= 15 is 0 Å². The second-order valence-electron chi connectivity index (χ2n) is 13.0.